The summed E-state index contributed by atoms with van der Waals surface area (Å²) in [4.78, 5) is 12.7. The Kier molecular flexibility index (Phi) is 5.34. The lowest BCUT2D eigenvalue weighted by molar-refractivity contribution is 0.0487. The van der Waals surface area contributed by atoms with Gasteiger partial charge < -0.3 is 15.4 Å². The summed E-state index contributed by atoms with van der Waals surface area (Å²) >= 11 is 1.28. The number of ether oxygens (including phenoxy) is 1. The molecule has 0 saturated carbocycles. The monoisotopic (exact) mass is 363 g/mol. The first kappa shape index (κ1) is 17.8. The van der Waals surface area contributed by atoms with Gasteiger partial charge in [0.05, 0.1) is 11.3 Å². The molecule has 1 aliphatic rings. The number of anilines is 1. The highest BCUT2D eigenvalue weighted by Gasteiger charge is 2.35. The van der Waals surface area contributed by atoms with Crippen molar-refractivity contribution >= 4 is 22.4 Å². The van der Waals surface area contributed by atoms with E-state index in [1.807, 2.05) is 19.1 Å². The van der Waals surface area contributed by atoms with E-state index in [0.717, 1.165) is 29.1 Å². The summed E-state index contributed by atoms with van der Waals surface area (Å²) in [5.74, 6) is -0.391. The highest BCUT2D eigenvalue weighted by Crippen LogP contribution is 2.34. The van der Waals surface area contributed by atoms with Gasteiger partial charge in [0.15, 0.2) is 0 Å². The van der Waals surface area contributed by atoms with Crippen molar-refractivity contribution < 1.29 is 13.9 Å². The molecule has 134 valence electrons. The number of hydrogen-bond acceptors (Lipinski definition) is 5. The zero-order valence-electron chi connectivity index (χ0n) is 14.4. The molecule has 0 spiro atoms. The quantitative estimate of drug-likeness (QED) is 0.857. The van der Waals surface area contributed by atoms with Gasteiger partial charge in [-0.2, -0.15) is 4.37 Å². The van der Waals surface area contributed by atoms with Crippen LogP contribution in [0.1, 0.15) is 34.5 Å². The van der Waals surface area contributed by atoms with Crippen LogP contribution in [0.3, 0.4) is 0 Å². The summed E-state index contributed by atoms with van der Waals surface area (Å²) in [7, 11) is 1.78. The number of amides is 1. The standard InChI is InChI=1S/C18H22FN3O2S/c1-12-15(17(20-2)25-22-12)16(23)21-11-18(7-9-24-10-8-18)13-3-5-14(19)6-4-13/h3-6,20H,7-11H2,1-2H3,(H,21,23). The molecular formula is C18H22FN3O2S. The van der Waals surface area contributed by atoms with E-state index in [1.165, 1.54) is 23.7 Å². The summed E-state index contributed by atoms with van der Waals surface area (Å²) in [6, 6.07) is 6.56. The molecule has 0 atom stereocenters. The summed E-state index contributed by atoms with van der Waals surface area (Å²) < 4.78 is 23.0. The van der Waals surface area contributed by atoms with Crippen LogP contribution in [0.15, 0.2) is 24.3 Å². The first-order valence-electron chi connectivity index (χ1n) is 8.32. The van der Waals surface area contributed by atoms with Crippen LogP contribution < -0.4 is 10.6 Å². The molecule has 1 amide bonds. The van der Waals surface area contributed by atoms with Gasteiger partial charge in [0.25, 0.3) is 5.91 Å². The molecule has 2 N–H and O–H groups in total. The van der Waals surface area contributed by atoms with Crippen molar-refractivity contribution in [2.75, 3.05) is 32.1 Å². The van der Waals surface area contributed by atoms with Crippen LogP contribution in [0.4, 0.5) is 9.39 Å². The summed E-state index contributed by atoms with van der Waals surface area (Å²) in [5, 5.41) is 6.84. The van der Waals surface area contributed by atoms with Gasteiger partial charge in [-0.1, -0.05) is 12.1 Å². The number of benzene rings is 1. The molecule has 25 heavy (non-hydrogen) atoms. The smallest absolute Gasteiger partial charge is 0.256 e. The molecule has 2 aromatic rings. The van der Waals surface area contributed by atoms with Crippen molar-refractivity contribution in [3.05, 3.63) is 46.9 Å². The van der Waals surface area contributed by atoms with Crippen LogP contribution in [0, 0.1) is 12.7 Å². The normalized spacial score (nSPS) is 16.4. The highest BCUT2D eigenvalue weighted by molar-refractivity contribution is 7.10. The lowest BCUT2D eigenvalue weighted by Gasteiger charge is -2.38. The second-order valence-corrected chi connectivity index (χ2v) is 7.08. The lowest BCUT2D eigenvalue weighted by Crippen LogP contribution is -2.44. The second-order valence-electron chi connectivity index (χ2n) is 6.30. The molecule has 0 bridgehead atoms. The van der Waals surface area contributed by atoms with Gasteiger partial charge >= 0.3 is 0 Å². The van der Waals surface area contributed by atoms with Crippen molar-refractivity contribution in [3.8, 4) is 0 Å². The summed E-state index contributed by atoms with van der Waals surface area (Å²) in [6.45, 7) is 3.58. The topological polar surface area (TPSA) is 63.2 Å². The number of hydrogen-bond donors (Lipinski definition) is 2. The lowest BCUT2D eigenvalue weighted by atomic mass is 9.74. The van der Waals surface area contributed by atoms with Crippen LogP contribution in [-0.2, 0) is 10.2 Å². The molecule has 7 heteroatoms. The van der Waals surface area contributed by atoms with Gasteiger partial charge in [-0.05, 0) is 49.0 Å². The highest BCUT2D eigenvalue weighted by atomic mass is 32.1. The Labute approximate surface area is 150 Å². The third-order valence-electron chi connectivity index (χ3n) is 4.81. The SMILES string of the molecule is CNc1snc(C)c1C(=O)NCC1(c2ccc(F)cc2)CCOCC1. The van der Waals surface area contributed by atoms with E-state index < -0.39 is 0 Å². The maximum Gasteiger partial charge on any atom is 0.256 e. The van der Waals surface area contributed by atoms with Gasteiger partial charge in [0, 0.05) is 32.2 Å². The van der Waals surface area contributed by atoms with Gasteiger partial charge in [0.2, 0.25) is 0 Å². The van der Waals surface area contributed by atoms with Crippen molar-refractivity contribution in [2.45, 2.75) is 25.2 Å². The van der Waals surface area contributed by atoms with Crippen LogP contribution in [0.5, 0.6) is 0 Å². The average Bonchev–Trinajstić information content (AvgIpc) is 3.02. The first-order chi connectivity index (χ1) is 12.1. The number of carbonyl (C=O) groups excluding carboxylic acids is 1. The van der Waals surface area contributed by atoms with Gasteiger partial charge in [0.1, 0.15) is 10.8 Å². The third kappa shape index (κ3) is 3.67. The first-order valence-corrected chi connectivity index (χ1v) is 9.09. The molecule has 0 unspecified atom stereocenters. The van der Waals surface area contributed by atoms with Gasteiger partial charge in [-0.15, -0.1) is 0 Å². The van der Waals surface area contributed by atoms with E-state index in [0.29, 0.717) is 25.3 Å². The predicted octanol–water partition coefficient (Wildman–Crippen LogP) is 3.11. The number of aryl methyl sites for hydroxylation is 1. The van der Waals surface area contributed by atoms with Crippen LogP contribution in [0.2, 0.25) is 0 Å². The van der Waals surface area contributed by atoms with E-state index in [4.69, 9.17) is 4.74 Å². The maximum absolute atomic E-state index is 13.3. The molecular weight excluding hydrogens is 341 g/mol. The van der Waals surface area contributed by atoms with Gasteiger partial charge in [-0.25, -0.2) is 4.39 Å². The zero-order chi connectivity index (χ0) is 17.9. The number of carbonyl (C=O) groups is 1. The fourth-order valence-corrected chi connectivity index (χ4v) is 4.02. The van der Waals surface area contributed by atoms with E-state index >= 15 is 0 Å². The minimum absolute atomic E-state index is 0.136. The van der Waals surface area contributed by atoms with Crippen LogP contribution in [-0.4, -0.2) is 37.1 Å². The number of halogens is 1. The van der Waals surface area contributed by atoms with E-state index in [9.17, 15) is 9.18 Å². The molecule has 1 aliphatic heterocycles. The Morgan fingerprint density at radius 1 is 1.32 bits per heavy atom. The minimum atomic E-state index is -0.256. The van der Waals surface area contributed by atoms with E-state index in [2.05, 4.69) is 15.0 Å². The Balaban J connectivity index is 1.80. The molecule has 1 aromatic carbocycles. The Morgan fingerprint density at radius 3 is 2.64 bits per heavy atom. The van der Waals surface area contributed by atoms with Crippen LogP contribution >= 0.6 is 11.5 Å². The minimum Gasteiger partial charge on any atom is -0.381 e. The van der Waals surface area contributed by atoms with Crippen LogP contribution in [0.25, 0.3) is 0 Å². The third-order valence-corrected chi connectivity index (χ3v) is 5.77. The molecule has 1 saturated heterocycles. The number of aromatic nitrogens is 1. The number of nitrogens with one attached hydrogen (secondary N) is 2. The summed E-state index contributed by atoms with van der Waals surface area (Å²) in [6.07, 6.45) is 1.58. The van der Waals surface area contributed by atoms with Crippen molar-refractivity contribution in [2.24, 2.45) is 0 Å². The molecule has 0 radical (unpaired) electrons. The fourth-order valence-electron chi connectivity index (χ4n) is 3.28. The molecule has 2 heterocycles. The Bertz CT molecular complexity index is 739. The molecule has 0 aliphatic carbocycles. The van der Waals surface area contributed by atoms with E-state index in [1.54, 1.807) is 7.05 Å². The van der Waals surface area contributed by atoms with Gasteiger partial charge in [-0.3, -0.25) is 4.79 Å². The van der Waals surface area contributed by atoms with Crippen molar-refractivity contribution in [1.29, 1.82) is 0 Å². The predicted molar refractivity (Wildman–Crippen MR) is 96.9 cm³/mol. The Morgan fingerprint density at radius 2 is 2.00 bits per heavy atom. The molecule has 5 nitrogen and oxygen atoms in total. The fraction of sp³-hybridized carbons (Fsp3) is 0.444. The Hall–Kier alpha value is -1.99. The zero-order valence-corrected chi connectivity index (χ0v) is 15.2. The molecule has 1 aromatic heterocycles. The van der Waals surface area contributed by atoms with Crippen molar-refractivity contribution in [3.63, 3.8) is 0 Å². The van der Waals surface area contributed by atoms with E-state index in [-0.39, 0.29) is 17.1 Å². The molecule has 3 rings (SSSR count). The molecule has 1 fully saturated rings. The second kappa shape index (κ2) is 7.49. The number of rotatable bonds is 5. The largest absolute Gasteiger partial charge is 0.381 e. The maximum atomic E-state index is 13.3. The van der Waals surface area contributed by atoms with Crippen molar-refractivity contribution in [1.82, 2.24) is 9.69 Å². The summed E-state index contributed by atoms with van der Waals surface area (Å²) in [5.41, 5.74) is 2.11. The average molecular weight is 363 g/mol. The number of nitrogens with zero attached hydrogens (tertiary/aromatic N) is 1.